The van der Waals surface area contributed by atoms with Gasteiger partial charge < -0.3 is 15.2 Å². The predicted molar refractivity (Wildman–Crippen MR) is 92.5 cm³/mol. The first kappa shape index (κ1) is 16.6. The Bertz CT molecular complexity index is 689. The maximum atomic E-state index is 11.9. The van der Waals surface area contributed by atoms with Gasteiger partial charge in [-0.25, -0.2) is 0 Å². The van der Waals surface area contributed by atoms with Gasteiger partial charge in [-0.2, -0.15) is 0 Å². The van der Waals surface area contributed by atoms with Gasteiger partial charge >= 0.3 is 0 Å². The molecule has 2 aromatic carbocycles. The molecule has 0 saturated carbocycles. The number of amides is 1. The topological polar surface area (TPSA) is 82.6 Å². The Morgan fingerprint density at radius 2 is 1.91 bits per heavy atom. The number of hydrogen-bond acceptors (Lipinski definition) is 4. The van der Waals surface area contributed by atoms with Crippen LogP contribution in [-0.2, 0) is 0 Å². The van der Waals surface area contributed by atoms with Gasteiger partial charge in [0.15, 0.2) is 5.11 Å². The van der Waals surface area contributed by atoms with Crippen molar-refractivity contribution in [3.05, 3.63) is 54.1 Å². The Balaban J connectivity index is 1.84. The molecule has 0 unspecified atom stereocenters. The molecule has 0 fully saturated rings. The van der Waals surface area contributed by atoms with E-state index in [-0.39, 0.29) is 10.9 Å². The average molecular weight is 331 g/mol. The molecular formula is C16H17N3O3S. The van der Waals surface area contributed by atoms with Crippen molar-refractivity contribution < 1.29 is 14.6 Å². The summed E-state index contributed by atoms with van der Waals surface area (Å²) in [6.07, 6.45) is 0. The first-order valence-corrected chi connectivity index (χ1v) is 7.38. The summed E-state index contributed by atoms with van der Waals surface area (Å²) >= 11 is 5.10. The highest BCUT2D eigenvalue weighted by Crippen LogP contribution is 2.15. The van der Waals surface area contributed by atoms with Crippen LogP contribution >= 0.6 is 12.2 Å². The molecule has 4 N–H and O–H groups in total. The number of anilines is 1. The van der Waals surface area contributed by atoms with Gasteiger partial charge in [-0.1, -0.05) is 6.07 Å². The largest absolute Gasteiger partial charge is 0.508 e. The molecule has 0 radical (unpaired) electrons. The van der Waals surface area contributed by atoms with Crippen LogP contribution in [0.4, 0.5) is 5.69 Å². The fraction of sp³-hybridized carbons (Fsp3) is 0.125. The Morgan fingerprint density at radius 1 is 1.17 bits per heavy atom. The molecule has 7 heteroatoms. The molecule has 23 heavy (non-hydrogen) atoms. The van der Waals surface area contributed by atoms with E-state index in [0.717, 1.165) is 11.4 Å². The van der Waals surface area contributed by atoms with Crippen LogP contribution in [0.25, 0.3) is 0 Å². The minimum Gasteiger partial charge on any atom is -0.508 e. The van der Waals surface area contributed by atoms with Gasteiger partial charge in [0, 0.05) is 11.3 Å². The molecule has 1 amide bonds. The minimum atomic E-state index is -0.406. The summed E-state index contributed by atoms with van der Waals surface area (Å²) in [7, 11) is 0. The van der Waals surface area contributed by atoms with Crippen molar-refractivity contribution in [1.82, 2.24) is 10.9 Å². The highest BCUT2D eigenvalue weighted by Gasteiger charge is 2.06. The number of nitrogens with one attached hydrogen (secondary N) is 3. The van der Waals surface area contributed by atoms with Crippen molar-refractivity contribution in [3.63, 3.8) is 0 Å². The van der Waals surface area contributed by atoms with E-state index >= 15 is 0 Å². The standard InChI is InChI=1S/C16H17N3O3S/c1-2-22-14-8-6-12(7-9-14)17-16(23)19-18-15(21)11-4-3-5-13(20)10-11/h3-10,20H,2H2,1H3,(H,18,21)(H2,17,19,23). The Morgan fingerprint density at radius 3 is 2.57 bits per heavy atom. The van der Waals surface area contributed by atoms with E-state index in [1.54, 1.807) is 12.1 Å². The van der Waals surface area contributed by atoms with E-state index in [1.807, 2.05) is 31.2 Å². The molecule has 0 aliphatic heterocycles. The van der Waals surface area contributed by atoms with Gasteiger partial charge in [-0.3, -0.25) is 15.6 Å². The number of rotatable bonds is 4. The van der Waals surface area contributed by atoms with Crippen molar-refractivity contribution in [3.8, 4) is 11.5 Å². The quantitative estimate of drug-likeness (QED) is 0.509. The van der Waals surface area contributed by atoms with Gasteiger partial charge in [-0.05, 0) is 61.6 Å². The zero-order valence-electron chi connectivity index (χ0n) is 12.5. The minimum absolute atomic E-state index is 0.0211. The highest BCUT2D eigenvalue weighted by molar-refractivity contribution is 7.80. The van der Waals surface area contributed by atoms with Crippen molar-refractivity contribution >= 4 is 28.9 Å². The third-order valence-electron chi connectivity index (χ3n) is 2.82. The van der Waals surface area contributed by atoms with Crippen LogP contribution in [0, 0.1) is 0 Å². The average Bonchev–Trinajstić information content (AvgIpc) is 2.55. The number of hydrazine groups is 1. The summed E-state index contributed by atoms with van der Waals surface area (Å²) in [5, 5.41) is 12.5. The molecule has 0 bridgehead atoms. The van der Waals surface area contributed by atoms with Gasteiger partial charge in [0.05, 0.1) is 6.61 Å². The number of hydrogen-bond donors (Lipinski definition) is 4. The monoisotopic (exact) mass is 331 g/mol. The van der Waals surface area contributed by atoms with E-state index in [4.69, 9.17) is 17.0 Å². The fourth-order valence-electron chi connectivity index (χ4n) is 1.80. The van der Waals surface area contributed by atoms with E-state index in [9.17, 15) is 9.90 Å². The van der Waals surface area contributed by atoms with Gasteiger partial charge in [0.2, 0.25) is 0 Å². The summed E-state index contributed by atoms with van der Waals surface area (Å²) in [5.74, 6) is 0.388. The van der Waals surface area contributed by atoms with E-state index in [2.05, 4.69) is 16.2 Å². The smallest absolute Gasteiger partial charge is 0.269 e. The summed E-state index contributed by atoms with van der Waals surface area (Å²) in [6.45, 7) is 2.52. The van der Waals surface area contributed by atoms with E-state index in [1.165, 1.54) is 12.1 Å². The lowest BCUT2D eigenvalue weighted by molar-refractivity contribution is 0.0944. The molecule has 0 atom stereocenters. The van der Waals surface area contributed by atoms with Gasteiger partial charge in [-0.15, -0.1) is 0 Å². The van der Waals surface area contributed by atoms with Crippen LogP contribution in [0.1, 0.15) is 17.3 Å². The molecule has 0 spiro atoms. The van der Waals surface area contributed by atoms with Crippen molar-refractivity contribution in [2.75, 3.05) is 11.9 Å². The summed E-state index contributed by atoms with van der Waals surface area (Å²) in [6, 6.07) is 13.3. The number of carbonyl (C=O) groups excluding carboxylic acids is 1. The van der Waals surface area contributed by atoms with Crippen LogP contribution in [0.3, 0.4) is 0 Å². The molecule has 120 valence electrons. The van der Waals surface area contributed by atoms with Gasteiger partial charge in [0.1, 0.15) is 11.5 Å². The number of carbonyl (C=O) groups is 1. The van der Waals surface area contributed by atoms with Crippen molar-refractivity contribution in [2.24, 2.45) is 0 Å². The predicted octanol–water partition coefficient (Wildman–Crippen LogP) is 2.42. The lowest BCUT2D eigenvalue weighted by Crippen LogP contribution is -2.43. The molecule has 0 saturated heterocycles. The lowest BCUT2D eigenvalue weighted by atomic mass is 10.2. The van der Waals surface area contributed by atoms with Crippen LogP contribution in [-0.4, -0.2) is 22.7 Å². The van der Waals surface area contributed by atoms with E-state index in [0.29, 0.717) is 12.2 Å². The van der Waals surface area contributed by atoms with E-state index < -0.39 is 5.91 Å². The lowest BCUT2D eigenvalue weighted by Gasteiger charge is -2.12. The molecule has 0 aliphatic rings. The molecule has 6 nitrogen and oxygen atoms in total. The first-order valence-electron chi connectivity index (χ1n) is 6.97. The third-order valence-corrected chi connectivity index (χ3v) is 3.03. The number of thiocarbonyl (C=S) groups is 1. The third kappa shape index (κ3) is 5.15. The zero-order valence-corrected chi connectivity index (χ0v) is 13.3. The zero-order chi connectivity index (χ0) is 16.7. The number of benzene rings is 2. The summed E-state index contributed by atoms with van der Waals surface area (Å²) in [4.78, 5) is 11.9. The Kier molecular flexibility index (Phi) is 5.76. The van der Waals surface area contributed by atoms with Crippen LogP contribution in [0.5, 0.6) is 11.5 Å². The SMILES string of the molecule is CCOc1ccc(NC(=S)NNC(=O)c2cccc(O)c2)cc1. The number of phenolic OH excluding ortho intramolecular Hbond substituents is 1. The summed E-state index contributed by atoms with van der Waals surface area (Å²) in [5.41, 5.74) is 6.13. The maximum absolute atomic E-state index is 11.9. The highest BCUT2D eigenvalue weighted by atomic mass is 32.1. The van der Waals surface area contributed by atoms with Crippen molar-refractivity contribution in [2.45, 2.75) is 6.92 Å². The maximum Gasteiger partial charge on any atom is 0.269 e. The van der Waals surface area contributed by atoms with Crippen molar-refractivity contribution in [1.29, 1.82) is 0 Å². The molecular weight excluding hydrogens is 314 g/mol. The molecule has 0 heterocycles. The number of ether oxygens (including phenoxy) is 1. The summed E-state index contributed by atoms with van der Waals surface area (Å²) < 4.78 is 5.35. The Labute approximate surface area is 139 Å². The van der Waals surface area contributed by atoms with Gasteiger partial charge in [0.25, 0.3) is 5.91 Å². The first-order chi connectivity index (χ1) is 11.1. The number of phenols is 1. The Hall–Kier alpha value is -2.80. The van der Waals surface area contributed by atoms with Crippen LogP contribution in [0.15, 0.2) is 48.5 Å². The number of aromatic hydroxyl groups is 1. The molecule has 2 rings (SSSR count). The second-order valence-electron chi connectivity index (χ2n) is 4.54. The normalized spacial score (nSPS) is 9.78. The molecule has 2 aromatic rings. The molecule has 0 aliphatic carbocycles. The fourth-order valence-corrected chi connectivity index (χ4v) is 1.97. The van der Waals surface area contributed by atoms with Crippen LogP contribution < -0.4 is 20.9 Å². The van der Waals surface area contributed by atoms with Crippen LogP contribution in [0.2, 0.25) is 0 Å². The second kappa shape index (κ2) is 8.00. The molecule has 0 aromatic heterocycles. The second-order valence-corrected chi connectivity index (χ2v) is 4.95.